The lowest BCUT2D eigenvalue weighted by Crippen LogP contribution is -2.33. The molecule has 0 aliphatic carbocycles. The van der Waals surface area contributed by atoms with Crippen molar-refractivity contribution in [3.8, 4) is 17.1 Å². The number of rotatable bonds is 10. The van der Waals surface area contributed by atoms with Gasteiger partial charge in [-0.2, -0.15) is 0 Å². The zero-order chi connectivity index (χ0) is 20.5. The molecule has 0 aliphatic rings. The first-order valence-corrected chi connectivity index (χ1v) is 10.1. The molecule has 0 saturated carbocycles. The lowest BCUT2D eigenvalue weighted by Gasteiger charge is -2.13. The number of ether oxygens (including phenoxy) is 1. The zero-order valence-electron chi connectivity index (χ0n) is 17.1. The standard InChI is InChI=1S/C24H28N2O3/c1-3-28-21-13-11-20(12-14-21)22-17-25-24(29-22)16-15-23(27)26-18(2)9-10-19-7-5-4-6-8-19/h4-8,11-14,17-18H,3,9-10,15-16H2,1-2H3,(H,26,27)/t18-/m1/s1. The van der Waals surface area contributed by atoms with Gasteiger partial charge in [0.25, 0.3) is 0 Å². The van der Waals surface area contributed by atoms with Crippen molar-refractivity contribution in [1.82, 2.24) is 10.3 Å². The zero-order valence-corrected chi connectivity index (χ0v) is 17.1. The molecule has 0 aliphatic heterocycles. The molecule has 0 fully saturated rings. The molecule has 2 aromatic carbocycles. The van der Waals surface area contributed by atoms with Crippen LogP contribution in [0.5, 0.6) is 5.75 Å². The molecule has 3 aromatic rings. The molecule has 1 aromatic heterocycles. The normalized spacial score (nSPS) is 11.8. The van der Waals surface area contributed by atoms with Crippen LogP contribution in [-0.4, -0.2) is 23.5 Å². The van der Waals surface area contributed by atoms with Crippen LogP contribution >= 0.6 is 0 Å². The molecule has 1 atom stereocenters. The average Bonchev–Trinajstić information content (AvgIpc) is 3.21. The molecular weight excluding hydrogens is 364 g/mol. The molecule has 152 valence electrons. The molecule has 0 unspecified atom stereocenters. The summed E-state index contributed by atoms with van der Waals surface area (Å²) in [4.78, 5) is 16.5. The summed E-state index contributed by atoms with van der Waals surface area (Å²) in [5.74, 6) is 2.11. The van der Waals surface area contributed by atoms with Crippen LogP contribution in [0.25, 0.3) is 11.3 Å². The fourth-order valence-electron chi connectivity index (χ4n) is 3.11. The number of hydrogen-bond acceptors (Lipinski definition) is 4. The van der Waals surface area contributed by atoms with Crippen LogP contribution in [-0.2, 0) is 17.6 Å². The predicted octanol–water partition coefficient (Wildman–Crippen LogP) is 4.81. The van der Waals surface area contributed by atoms with E-state index in [0.717, 1.165) is 24.2 Å². The Morgan fingerprint density at radius 1 is 1.10 bits per heavy atom. The number of oxazole rings is 1. The van der Waals surface area contributed by atoms with E-state index in [2.05, 4.69) is 22.4 Å². The summed E-state index contributed by atoms with van der Waals surface area (Å²) < 4.78 is 11.2. The maximum absolute atomic E-state index is 12.2. The Morgan fingerprint density at radius 3 is 2.59 bits per heavy atom. The van der Waals surface area contributed by atoms with Crippen LogP contribution in [0.3, 0.4) is 0 Å². The Kier molecular flexibility index (Phi) is 7.45. The van der Waals surface area contributed by atoms with Crippen molar-refractivity contribution in [2.75, 3.05) is 6.61 Å². The van der Waals surface area contributed by atoms with Crippen molar-refractivity contribution in [3.05, 3.63) is 72.2 Å². The summed E-state index contributed by atoms with van der Waals surface area (Å²) in [5.41, 5.74) is 2.22. The predicted molar refractivity (Wildman–Crippen MR) is 114 cm³/mol. The lowest BCUT2D eigenvalue weighted by molar-refractivity contribution is -0.121. The maximum atomic E-state index is 12.2. The molecule has 1 amide bonds. The highest BCUT2D eigenvalue weighted by Crippen LogP contribution is 2.23. The van der Waals surface area contributed by atoms with Gasteiger partial charge in [0.1, 0.15) is 5.75 Å². The Bertz CT molecular complexity index is 888. The van der Waals surface area contributed by atoms with E-state index in [1.54, 1.807) is 6.20 Å². The first-order valence-electron chi connectivity index (χ1n) is 10.1. The Labute approximate surface area is 172 Å². The second-order valence-corrected chi connectivity index (χ2v) is 7.07. The van der Waals surface area contributed by atoms with E-state index in [1.807, 2.05) is 56.3 Å². The van der Waals surface area contributed by atoms with E-state index in [9.17, 15) is 4.79 Å². The van der Waals surface area contributed by atoms with E-state index in [-0.39, 0.29) is 11.9 Å². The molecule has 0 saturated heterocycles. The molecule has 29 heavy (non-hydrogen) atoms. The van der Waals surface area contributed by atoms with Gasteiger partial charge in [0.2, 0.25) is 5.91 Å². The topological polar surface area (TPSA) is 64.4 Å². The molecule has 5 heteroatoms. The first kappa shape index (κ1) is 20.6. The Morgan fingerprint density at radius 2 is 1.86 bits per heavy atom. The third-order valence-corrected chi connectivity index (χ3v) is 4.69. The third-order valence-electron chi connectivity index (χ3n) is 4.69. The highest BCUT2D eigenvalue weighted by atomic mass is 16.5. The van der Waals surface area contributed by atoms with Gasteiger partial charge < -0.3 is 14.5 Å². The summed E-state index contributed by atoms with van der Waals surface area (Å²) in [6.45, 7) is 4.63. The van der Waals surface area contributed by atoms with Gasteiger partial charge in [-0.3, -0.25) is 4.79 Å². The van der Waals surface area contributed by atoms with Crippen LogP contribution in [0.1, 0.15) is 38.1 Å². The van der Waals surface area contributed by atoms with Gasteiger partial charge in [0, 0.05) is 24.4 Å². The van der Waals surface area contributed by atoms with E-state index in [4.69, 9.17) is 9.15 Å². The fourth-order valence-corrected chi connectivity index (χ4v) is 3.11. The second-order valence-electron chi connectivity index (χ2n) is 7.07. The molecule has 1 N–H and O–H groups in total. The Balaban J connectivity index is 1.43. The number of hydrogen-bond donors (Lipinski definition) is 1. The molecular formula is C24H28N2O3. The van der Waals surface area contributed by atoms with Gasteiger partial charge in [0.05, 0.1) is 12.8 Å². The first-order chi connectivity index (χ1) is 14.1. The van der Waals surface area contributed by atoms with Crippen LogP contribution in [0, 0.1) is 0 Å². The molecule has 0 radical (unpaired) electrons. The number of benzene rings is 2. The van der Waals surface area contributed by atoms with E-state index in [1.165, 1.54) is 5.56 Å². The van der Waals surface area contributed by atoms with Gasteiger partial charge in [-0.05, 0) is 56.5 Å². The van der Waals surface area contributed by atoms with Crippen molar-refractivity contribution in [2.24, 2.45) is 0 Å². The highest BCUT2D eigenvalue weighted by Gasteiger charge is 2.11. The number of aryl methyl sites for hydroxylation is 2. The van der Waals surface area contributed by atoms with Crippen LogP contribution in [0.15, 0.2) is 65.2 Å². The van der Waals surface area contributed by atoms with E-state index < -0.39 is 0 Å². The molecule has 0 bridgehead atoms. The SMILES string of the molecule is CCOc1ccc(-c2cnc(CCC(=O)N[C@H](C)CCc3ccccc3)o2)cc1. The number of aromatic nitrogens is 1. The second kappa shape index (κ2) is 10.5. The average molecular weight is 392 g/mol. The number of nitrogens with zero attached hydrogens (tertiary/aromatic N) is 1. The van der Waals surface area contributed by atoms with Crippen molar-refractivity contribution < 1.29 is 13.9 Å². The summed E-state index contributed by atoms with van der Waals surface area (Å²) in [6, 6.07) is 18.1. The summed E-state index contributed by atoms with van der Waals surface area (Å²) >= 11 is 0. The van der Waals surface area contributed by atoms with Gasteiger partial charge >= 0.3 is 0 Å². The quantitative estimate of drug-likeness (QED) is 0.538. The number of carbonyl (C=O) groups excluding carboxylic acids is 1. The summed E-state index contributed by atoms with van der Waals surface area (Å²) in [6.07, 6.45) is 4.41. The summed E-state index contributed by atoms with van der Waals surface area (Å²) in [7, 11) is 0. The minimum absolute atomic E-state index is 0.0198. The third kappa shape index (κ3) is 6.49. The number of carbonyl (C=O) groups is 1. The minimum Gasteiger partial charge on any atom is -0.494 e. The highest BCUT2D eigenvalue weighted by molar-refractivity contribution is 5.76. The smallest absolute Gasteiger partial charge is 0.220 e. The molecule has 0 spiro atoms. The van der Waals surface area contributed by atoms with Crippen LogP contribution < -0.4 is 10.1 Å². The number of nitrogens with one attached hydrogen (secondary N) is 1. The lowest BCUT2D eigenvalue weighted by atomic mass is 10.1. The van der Waals surface area contributed by atoms with Crippen LogP contribution in [0.2, 0.25) is 0 Å². The molecule has 5 nitrogen and oxygen atoms in total. The number of amides is 1. The van der Waals surface area contributed by atoms with E-state index in [0.29, 0.717) is 31.1 Å². The van der Waals surface area contributed by atoms with Crippen molar-refractivity contribution in [2.45, 2.75) is 45.6 Å². The van der Waals surface area contributed by atoms with Crippen molar-refractivity contribution >= 4 is 5.91 Å². The van der Waals surface area contributed by atoms with Crippen LogP contribution in [0.4, 0.5) is 0 Å². The van der Waals surface area contributed by atoms with Gasteiger partial charge in [-0.25, -0.2) is 4.98 Å². The largest absolute Gasteiger partial charge is 0.494 e. The molecule has 3 rings (SSSR count). The minimum atomic E-state index is 0.0198. The molecule has 1 heterocycles. The van der Waals surface area contributed by atoms with Gasteiger partial charge in [-0.15, -0.1) is 0 Å². The maximum Gasteiger partial charge on any atom is 0.220 e. The van der Waals surface area contributed by atoms with E-state index >= 15 is 0 Å². The summed E-state index contributed by atoms with van der Waals surface area (Å²) in [5, 5.41) is 3.05. The van der Waals surface area contributed by atoms with Gasteiger partial charge in [0.15, 0.2) is 11.7 Å². The fraction of sp³-hybridized carbons (Fsp3) is 0.333. The van der Waals surface area contributed by atoms with Crippen molar-refractivity contribution in [1.29, 1.82) is 0 Å². The Hall–Kier alpha value is -3.08. The monoisotopic (exact) mass is 392 g/mol. The van der Waals surface area contributed by atoms with Crippen molar-refractivity contribution in [3.63, 3.8) is 0 Å². The van der Waals surface area contributed by atoms with Gasteiger partial charge in [-0.1, -0.05) is 30.3 Å².